The van der Waals surface area contributed by atoms with Gasteiger partial charge >= 0.3 is 0 Å². The summed E-state index contributed by atoms with van der Waals surface area (Å²) < 4.78 is 1.95. The lowest BCUT2D eigenvalue weighted by atomic mass is 9.89. The van der Waals surface area contributed by atoms with Crippen LogP contribution in [0.2, 0.25) is 0 Å². The van der Waals surface area contributed by atoms with E-state index in [-0.39, 0.29) is 0 Å². The van der Waals surface area contributed by atoms with Gasteiger partial charge in [0.1, 0.15) is 11.8 Å². The predicted molar refractivity (Wildman–Crippen MR) is 93.2 cm³/mol. The molecule has 1 aliphatic heterocycles. The quantitative estimate of drug-likeness (QED) is 0.902. The Morgan fingerprint density at radius 2 is 2.17 bits per heavy atom. The normalized spacial score (nSPS) is 24.0. The molecule has 2 fully saturated rings. The van der Waals surface area contributed by atoms with Crippen molar-refractivity contribution in [3.63, 3.8) is 0 Å². The first-order valence-electron chi connectivity index (χ1n) is 9.12. The van der Waals surface area contributed by atoms with Crippen LogP contribution in [-0.2, 0) is 18.4 Å². The van der Waals surface area contributed by atoms with Crippen LogP contribution in [0.5, 0.6) is 0 Å². The number of rotatable bonds is 5. The number of aromatic nitrogens is 1. The van der Waals surface area contributed by atoms with Crippen molar-refractivity contribution in [1.82, 2.24) is 14.8 Å². The van der Waals surface area contributed by atoms with E-state index in [1.807, 2.05) is 17.7 Å². The molecule has 1 amide bonds. The van der Waals surface area contributed by atoms with Crippen LogP contribution in [0.4, 0.5) is 0 Å². The van der Waals surface area contributed by atoms with Crippen LogP contribution in [0, 0.1) is 30.1 Å². The van der Waals surface area contributed by atoms with Crippen molar-refractivity contribution in [2.75, 3.05) is 13.1 Å². The number of nitrogens with zero attached hydrogens (tertiary/aromatic N) is 3. The Labute approximate surface area is 144 Å². The number of likely N-dealkylation sites (tertiary alicyclic amines) is 1. The highest BCUT2D eigenvalue weighted by molar-refractivity contribution is 5.81. The number of carbonyl (C=O) groups is 1. The van der Waals surface area contributed by atoms with Crippen LogP contribution >= 0.6 is 0 Å². The average Bonchev–Trinajstić information content (AvgIpc) is 3.41. The Balaban J connectivity index is 1.59. The second kappa shape index (κ2) is 6.98. The first kappa shape index (κ1) is 17.0. The number of nitriles is 1. The molecule has 1 aromatic rings. The van der Waals surface area contributed by atoms with Gasteiger partial charge in [0.25, 0.3) is 0 Å². The third kappa shape index (κ3) is 3.34. The van der Waals surface area contributed by atoms with E-state index < -0.39 is 0 Å². The van der Waals surface area contributed by atoms with Crippen LogP contribution in [0.3, 0.4) is 0 Å². The minimum absolute atomic E-state index is 0.323. The number of hydrogen-bond acceptors (Lipinski definition) is 3. The molecular weight excluding hydrogens is 300 g/mol. The fourth-order valence-corrected chi connectivity index (χ4v) is 3.79. The molecule has 0 bridgehead atoms. The van der Waals surface area contributed by atoms with Crippen molar-refractivity contribution in [3.8, 4) is 6.07 Å². The van der Waals surface area contributed by atoms with Gasteiger partial charge in [-0.3, -0.25) is 4.79 Å². The molecule has 1 saturated heterocycles. The van der Waals surface area contributed by atoms with Gasteiger partial charge in [-0.15, -0.1) is 0 Å². The van der Waals surface area contributed by atoms with Gasteiger partial charge in [-0.05, 0) is 43.7 Å². The van der Waals surface area contributed by atoms with E-state index in [4.69, 9.17) is 5.26 Å². The molecule has 5 nitrogen and oxygen atoms in total. The summed E-state index contributed by atoms with van der Waals surface area (Å²) in [6.45, 7) is 6.83. The molecule has 0 aromatic carbocycles. The number of hydrogen-bond donors (Lipinski definition) is 1. The fraction of sp³-hybridized carbons (Fsp3) is 0.684. The highest BCUT2D eigenvalue weighted by atomic mass is 16.2. The van der Waals surface area contributed by atoms with Gasteiger partial charge in [-0.1, -0.05) is 13.3 Å². The standard InChI is InChI=1S/C19H28N4O/c1-4-14-12-23(19(24)15-5-6-15)8-7-18(14)21-11-16-9-17(10-20)22(3)13(16)2/h9,14-15,18,21H,4-8,11-12H2,1-3H3. The summed E-state index contributed by atoms with van der Waals surface area (Å²) in [4.78, 5) is 14.4. The van der Waals surface area contributed by atoms with Crippen LogP contribution in [-0.4, -0.2) is 34.5 Å². The fourth-order valence-electron chi connectivity index (χ4n) is 3.79. The molecule has 0 radical (unpaired) electrons. The van der Waals surface area contributed by atoms with Gasteiger partial charge in [0, 0.05) is 44.3 Å². The maximum atomic E-state index is 12.3. The number of amides is 1. The molecule has 1 saturated carbocycles. The van der Waals surface area contributed by atoms with Crippen molar-refractivity contribution in [2.45, 2.75) is 52.1 Å². The maximum absolute atomic E-state index is 12.3. The SMILES string of the molecule is CCC1CN(C(=O)C2CC2)CCC1NCc1cc(C#N)n(C)c1C. The van der Waals surface area contributed by atoms with Gasteiger partial charge < -0.3 is 14.8 Å². The van der Waals surface area contributed by atoms with Crippen molar-refractivity contribution in [1.29, 1.82) is 5.26 Å². The van der Waals surface area contributed by atoms with Crippen molar-refractivity contribution < 1.29 is 4.79 Å². The summed E-state index contributed by atoms with van der Waals surface area (Å²) >= 11 is 0. The Hall–Kier alpha value is -1.80. The summed E-state index contributed by atoms with van der Waals surface area (Å²) in [6, 6.07) is 4.67. The molecule has 2 heterocycles. The molecule has 3 rings (SSSR count). The van der Waals surface area contributed by atoms with Crippen LogP contribution < -0.4 is 5.32 Å². The van der Waals surface area contributed by atoms with Gasteiger partial charge in [-0.2, -0.15) is 5.26 Å². The molecule has 24 heavy (non-hydrogen) atoms. The monoisotopic (exact) mass is 328 g/mol. The van der Waals surface area contributed by atoms with Crippen molar-refractivity contribution >= 4 is 5.91 Å². The largest absolute Gasteiger partial charge is 0.342 e. The smallest absolute Gasteiger partial charge is 0.225 e. The third-order valence-electron chi connectivity index (χ3n) is 5.81. The van der Waals surface area contributed by atoms with Gasteiger partial charge in [0.15, 0.2) is 0 Å². The lowest BCUT2D eigenvalue weighted by Gasteiger charge is -2.39. The maximum Gasteiger partial charge on any atom is 0.225 e. The Kier molecular flexibility index (Phi) is 4.96. The molecule has 1 N–H and O–H groups in total. The third-order valence-corrected chi connectivity index (χ3v) is 5.81. The Morgan fingerprint density at radius 1 is 1.42 bits per heavy atom. The van der Waals surface area contributed by atoms with E-state index >= 15 is 0 Å². The van der Waals surface area contributed by atoms with E-state index in [0.29, 0.717) is 29.5 Å². The minimum Gasteiger partial charge on any atom is -0.342 e. The number of carbonyl (C=O) groups excluding carboxylic acids is 1. The second-order valence-corrected chi connectivity index (χ2v) is 7.31. The predicted octanol–water partition coefficient (Wildman–Crippen LogP) is 2.33. The van der Waals surface area contributed by atoms with E-state index in [0.717, 1.165) is 51.0 Å². The molecular formula is C19H28N4O. The van der Waals surface area contributed by atoms with Crippen molar-refractivity contribution in [3.05, 3.63) is 23.0 Å². The zero-order valence-electron chi connectivity index (χ0n) is 15.0. The van der Waals surface area contributed by atoms with Gasteiger partial charge in [0.2, 0.25) is 5.91 Å². The summed E-state index contributed by atoms with van der Waals surface area (Å²) in [7, 11) is 1.94. The Morgan fingerprint density at radius 3 is 2.75 bits per heavy atom. The second-order valence-electron chi connectivity index (χ2n) is 7.31. The van der Waals surface area contributed by atoms with Crippen LogP contribution in [0.1, 0.15) is 49.6 Å². The molecule has 2 aliphatic rings. The summed E-state index contributed by atoms with van der Waals surface area (Å²) in [5, 5.41) is 12.8. The molecule has 1 aromatic heterocycles. The Bertz CT molecular complexity index is 653. The number of piperidine rings is 1. The first-order chi connectivity index (χ1) is 11.5. The molecule has 0 spiro atoms. The zero-order valence-corrected chi connectivity index (χ0v) is 15.0. The lowest BCUT2D eigenvalue weighted by Crippen LogP contribution is -2.51. The highest BCUT2D eigenvalue weighted by Gasteiger charge is 2.37. The first-order valence-corrected chi connectivity index (χ1v) is 9.12. The van der Waals surface area contributed by atoms with Crippen molar-refractivity contribution in [2.24, 2.45) is 18.9 Å². The molecule has 5 heteroatoms. The summed E-state index contributed by atoms with van der Waals surface area (Å²) in [5.74, 6) is 1.22. The van der Waals surface area contributed by atoms with E-state index in [9.17, 15) is 4.79 Å². The molecule has 130 valence electrons. The van der Waals surface area contributed by atoms with Gasteiger partial charge in [0.05, 0.1) is 0 Å². The minimum atomic E-state index is 0.323. The van der Waals surface area contributed by atoms with E-state index in [1.54, 1.807) is 0 Å². The topological polar surface area (TPSA) is 61.1 Å². The summed E-state index contributed by atoms with van der Waals surface area (Å²) in [6.07, 6.45) is 4.28. The zero-order chi connectivity index (χ0) is 17.3. The van der Waals surface area contributed by atoms with E-state index in [1.165, 1.54) is 5.56 Å². The summed E-state index contributed by atoms with van der Waals surface area (Å²) in [5.41, 5.74) is 3.05. The molecule has 2 unspecified atom stereocenters. The van der Waals surface area contributed by atoms with E-state index in [2.05, 4.69) is 30.1 Å². The number of nitrogens with one attached hydrogen (secondary N) is 1. The average molecular weight is 328 g/mol. The van der Waals surface area contributed by atoms with Crippen LogP contribution in [0.25, 0.3) is 0 Å². The lowest BCUT2D eigenvalue weighted by molar-refractivity contribution is -0.134. The molecule has 1 aliphatic carbocycles. The van der Waals surface area contributed by atoms with Gasteiger partial charge in [-0.25, -0.2) is 0 Å². The van der Waals surface area contributed by atoms with Crippen LogP contribution in [0.15, 0.2) is 6.07 Å². The highest BCUT2D eigenvalue weighted by Crippen LogP contribution is 2.33. The molecule has 2 atom stereocenters.